The number of piperidine rings is 1. The molecule has 0 spiro atoms. The molecular formula is C14H18ClN3. The van der Waals surface area contributed by atoms with Crippen LogP contribution in [0.25, 0.3) is 11.3 Å². The van der Waals surface area contributed by atoms with Gasteiger partial charge in [-0.05, 0) is 25.5 Å². The number of halogens is 1. The Labute approximate surface area is 113 Å². The molecule has 0 amide bonds. The zero-order valence-electron chi connectivity index (χ0n) is 10.2. The van der Waals surface area contributed by atoms with Crippen molar-refractivity contribution in [3.8, 4) is 11.3 Å². The lowest BCUT2D eigenvalue weighted by atomic mass is 9.96. The minimum absolute atomic E-state index is 0. The van der Waals surface area contributed by atoms with Crippen LogP contribution in [0.2, 0.25) is 0 Å². The molecule has 1 aliphatic rings. The summed E-state index contributed by atoms with van der Waals surface area (Å²) in [5, 5.41) is 11.0. The van der Waals surface area contributed by atoms with E-state index in [4.69, 9.17) is 0 Å². The van der Waals surface area contributed by atoms with Crippen molar-refractivity contribution in [3.05, 3.63) is 42.1 Å². The van der Waals surface area contributed by atoms with E-state index in [1.807, 2.05) is 18.2 Å². The molecule has 0 radical (unpaired) electrons. The quantitative estimate of drug-likeness (QED) is 0.875. The monoisotopic (exact) mass is 263 g/mol. The Morgan fingerprint density at radius 1 is 1.17 bits per heavy atom. The molecule has 3 rings (SSSR count). The Hall–Kier alpha value is -1.32. The van der Waals surface area contributed by atoms with Crippen LogP contribution in [0, 0.1) is 0 Å². The van der Waals surface area contributed by atoms with Gasteiger partial charge in [-0.2, -0.15) is 5.10 Å². The zero-order valence-corrected chi connectivity index (χ0v) is 11.0. The third-order valence-corrected chi connectivity index (χ3v) is 3.40. The van der Waals surface area contributed by atoms with Crippen LogP contribution in [0.5, 0.6) is 0 Å². The van der Waals surface area contributed by atoms with Crippen molar-refractivity contribution in [3.63, 3.8) is 0 Å². The molecule has 0 saturated carbocycles. The fraction of sp³-hybridized carbons (Fsp3) is 0.357. The first-order valence-electron chi connectivity index (χ1n) is 6.25. The molecule has 1 saturated heterocycles. The second kappa shape index (κ2) is 6.03. The van der Waals surface area contributed by atoms with Gasteiger partial charge in [0.15, 0.2) is 0 Å². The Bertz CT molecular complexity index is 475. The van der Waals surface area contributed by atoms with E-state index >= 15 is 0 Å². The van der Waals surface area contributed by atoms with E-state index in [2.05, 4.69) is 33.7 Å². The minimum Gasteiger partial charge on any atom is -0.316 e. The van der Waals surface area contributed by atoms with Crippen molar-refractivity contribution >= 4 is 12.4 Å². The van der Waals surface area contributed by atoms with Gasteiger partial charge in [-0.1, -0.05) is 30.3 Å². The molecule has 1 aliphatic heterocycles. The van der Waals surface area contributed by atoms with Gasteiger partial charge in [-0.15, -0.1) is 12.4 Å². The first kappa shape index (κ1) is 13.1. The number of H-pyrrole nitrogens is 1. The first-order chi connectivity index (χ1) is 8.43. The second-order valence-corrected chi connectivity index (χ2v) is 4.62. The summed E-state index contributed by atoms with van der Waals surface area (Å²) < 4.78 is 0. The maximum Gasteiger partial charge on any atom is 0.0923 e. The molecular weight excluding hydrogens is 246 g/mol. The summed E-state index contributed by atoms with van der Waals surface area (Å²) in [7, 11) is 0. The Kier molecular flexibility index (Phi) is 4.39. The molecule has 1 fully saturated rings. The van der Waals surface area contributed by atoms with Crippen molar-refractivity contribution in [1.29, 1.82) is 0 Å². The molecule has 0 aliphatic carbocycles. The van der Waals surface area contributed by atoms with Gasteiger partial charge >= 0.3 is 0 Å². The predicted molar refractivity (Wildman–Crippen MR) is 76.1 cm³/mol. The molecule has 2 heterocycles. The van der Waals surface area contributed by atoms with E-state index in [1.165, 1.54) is 24.1 Å². The van der Waals surface area contributed by atoms with Crippen LogP contribution in [0.3, 0.4) is 0 Å². The average molecular weight is 264 g/mol. The summed E-state index contributed by atoms with van der Waals surface area (Å²) in [4.78, 5) is 0. The van der Waals surface area contributed by atoms with Crippen LogP contribution in [-0.2, 0) is 0 Å². The largest absolute Gasteiger partial charge is 0.316 e. The molecule has 18 heavy (non-hydrogen) atoms. The highest BCUT2D eigenvalue weighted by atomic mass is 35.5. The van der Waals surface area contributed by atoms with E-state index in [0.29, 0.717) is 5.92 Å². The summed E-state index contributed by atoms with van der Waals surface area (Å²) in [5.74, 6) is 0.591. The lowest BCUT2D eigenvalue weighted by Gasteiger charge is -2.21. The van der Waals surface area contributed by atoms with Crippen molar-refractivity contribution in [2.45, 2.75) is 18.8 Å². The molecule has 0 unspecified atom stereocenters. The molecule has 2 aromatic rings. The van der Waals surface area contributed by atoms with E-state index < -0.39 is 0 Å². The van der Waals surface area contributed by atoms with Gasteiger partial charge < -0.3 is 5.32 Å². The number of aromatic nitrogens is 2. The van der Waals surface area contributed by atoms with E-state index in [1.54, 1.807) is 0 Å². The number of rotatable bonds is 2. The average Bonchev–Trinajstić information content (AvgIpc) is 2.90. The van der Waals surface area contributed by atoms with Gasteiger partial charge in [0.2, 0.25) is 0 Å². The number of benzene rings is 1. The molecule has 2 N–H and O–H groups in total. The first-order valence-corrected chi connectivity index (χ1v) is 6.25. The lowest BCUT2D eigenvalue weighted by molar-refractivity contribution is 0.454. The molecule has 3 nitrogen and oxygen atoms in total. The molecule has 1 aromatic heterocycles. The number of aromatic amines is 1. The Morgan fingerprint density at radius 3 is 2.72 bits per heavy atom. The minimum atomic E-state index is 0. The molecule has 1 atom stereocenters. The van der Waals surface area contributed by atoms with Gasteiger partial charge in [0.1, 0.15) is 0 Å². The second-order valence-electron chi connectivity index (χ2n) is 4.62. The van der Waals surface area contributed by atoms with Gasteiger partial charge in [-0.25, -0.2) is 0 Å². The summed E-state index contributed by atoms with van der Waals surface area (Å²) in [5.41, 5.74) is 3.49. The van der Waals surface area contributed by atoms with Crippen molar-refractivity contribution in [2.24, 2.45) is 0 Å². The van der Waals surface area contributed by atoms with Crippen LogP contribution in [0.15, 0.2) is 36.4 Å². The fourth-order valence-corrected chi connectivity index (χ4v) is 2.42. The molecule has 0 bridgehead atoms. The van der Waals surface area contributed by atoms with E-state index in [0.717, 1.165) is 18.8 Å². The van der Waals surface area contributed by atoms with Crippen LogP contribution in [0.1, 0.15) is 24.5 Å². The van der Waals surface area contributed by atoms with Crippen molar-refractivity contribution in [2.75, 3.05) is 13.1 Å². The van der Waals surface area contributed by atoms with E-state index in [-0.39, 0.29) is 12.4 Å². The lowest BCUT2D eigenvalue weighted by Crippen LogP contribution is -2.28. The summed E-state index contributed by atoms with van der Waals surface area (Å²) >= 11 is 0. The number of hydrogen-bond acceptors (Lipinski definition) is 2. The Balaban J connectivity index is 0.00000120. The highest BCUT2D eigenvalue weighted by Gasteiger charge is 2.17. The SMILES string of the molecule is Cl.c1ccc(-c2cc([C@H]3CCCNC3)[nH]n2)cc1. The standard InChI is InChI=1S/C14H17N3.ClH/c1-2-5-11(6-3-1)13-9-14(17-16-13)12-7-4-8-15-10-12;/h1-3,5-6,9,12,15H,4,7-8,10H2,(H,16,17);1H/t12-;/m0./s1. The highest BCUT2D eigenvalue weighted by Crippen LogP contribution is 2.25. The fourth-order valence-electron chi connectivity index (χ4n) is 2.42. The van der Waals surface area contributed by atoms with Gasteiger partial charge in [0, 0.05) is 23.7 Å². The predicted octanol–water partition coefficient (Wildman–Crippen LogP) is 2.97. The number of hydrogen-bond donors (Lipinski definition) is 2. The molecule has 1 aromatic carbocycles. The maximum absolute atomic E-state index is 4.41. The zero-order chi connectivity index (χ0) is 11.5. The third-order valence-electron chi connectivity index (χ3n) is 3.40. The summed E-state index contributed by atoms with van der Waals surface area (Å²) in [6, 6.07) is 12.5. The van der Waals surface area contributed by atoms with E-state index in [9.17, 15) is 0 Å². The molecule has 4 heteroatoms. The topological polar surface area (TPSA) is 40.7 Å². The normalized spacial score (nSPS) is 19.2. The van der Waals surface area contributed by atoms with Crippen molar-refractivity contribution in [1.82, 2.24) is 15.5 Å². The van der Waals surface area contributed by atoms with Gasteiger partial charge in [0.05, 0.1) is 5.69 Å². The van der Waals surface area contributed by atoms with Gasteiger partial charge in [-0.3, -0.25) is 5.10 Å². The van der Waals surface area contributed by atoms with Gasteiger partial charge in [0.25, 0.3) is 0 Å². The highest BCUT2D eigenvalue weighted by molar-refractivity contribution is 5.85. The molecule has 96 valence electrons. The smallest absolute Gasteiger partial charge is 0.0923 e. The summed E-state index contributed by atoms with van der Waals surface area (Å²) in [6.07, 6.45) is 2.51. The van der Waals surface area contributed by atoms with Crippen LogP contribution >= 0.6 is 12.4 Å². The number of nitrogens with zero attached hydrogens (tertiary/aromatic N) is 1. The van der Waals surface area contributed by atoms with Crippen LogP contribution in [0.4, 0.5) is 0 Å². The van der Waals surface area contributed by atoms with Crippen molar-refractivity contribution < 1.29 is 0 Å². The third kappa shape index (κ3) is 2.74. The van der Waals surface area contributed by atoms with Crippen LogP contribution < -0.4 is 5.32 Å². The Morgan fingerprint density at radius 2 is 2.00 bits per heavy atom. The maximum atomic E-state index is 4.41. The summed E-state index contributed by atoms with van der Waals surface area (Å²) in [6.45, 7) is 2.21. The number of nitrogens with one attached hydrogen (secondary N) is 2. The van der Waals surface area contributed by atoms with Crippen LogP contribution in [-0.4, -0.2) is 23.3 Å².